The van der Waals surface area contributed by atoms with E-state index in [4.69, 9.17) is 0 Å². The monoisotopic (exact) mass is 289 g/mol. The largest absolute Gasteiger partial charge is 0.481 e. The molecular formula is C18H27NO2. The van der Waals surface area contributed by atoms with Gasteiger partial charge in [0.1, 0.15) is 0 Å². The fraction of sp³-hybridized carbons (Fsp3) is 0.611. The van der Waals surface area contributed by atoms with E-state index in [2.05, 4.69) is 38.2 Å². The first-order chi connectivity index (χ1) is 9.99. The van der Waals surface area contributed by atoms with Gasteiger partial charge in [0.2, 0.25) is 0 Å². The molecule has 0 spiro atoms. The molecule has 3 heteroatoms. The third kappa shape index (κ3) is 4.07. The van der Waals surface area contributed by atoms with E-state index in [1.807, 2.05) is 0 Å². The number of benzene rings is 1. The van der Waals surface area contributed by atoms with Gasteiger partial charge in [0.25, 0.3) is 0 Å². The SMILES string of the molecule is Cc1cc(C)c(CNCC2CCCCC2C(=O)O)c(C)c1. The van der Waals surface area contributed by atoms with E-state index in [9.17, 15) is 9.90 Å². The lowest BCUT2D eigenvalue weighted by molar-refractivity contribution is -0.144. The number of hydrogen-bond acceptors (Lipinski definition) is 2. The highest BCUT2D eigenvalue weighted by Crippen LogP contribution is 2.29. The van der Waals surface area contributed by atoms with Crippen molar-refractivity contribution in [2.45, 2.75) is 53.0 Å². The first-order valence-electron chi connectivity index (χ1n) is 7.99. The summed E-state index contributed by atoms with van der Waals surface area (Å²) < 4.78 is 0. The van der Waals surface area contributed by atoms with Crippen molar-refractivity contribution in [1.82, 2.24) is 5.32 Å². The molecule has 0 bridgehead atoms. The molecule has 1 aromatic rings. The van der Waals surface area contributed by atoms with Crippen LogP contribution in [0.2, 0.25) is 0 Å². The number of hydrogen-bond donors (Lipinski definition) is 2. The minimum absolute atomic E-state index is 0.161. The first-order valence-corrected chi connectivity index (χ1v) is 7.99. The first kappa shape index (κ1) is 16.0. The van der Waals surface area contributed by atoms with Crippen molar-refractivity contribution in [2.75, 3.05) is 6.54 Å². The number of nitrogens with one attached hydrogen (secondary N) is 1. The predicted molar refractivity (Wildman–Crippen MR) is 85.4 cm³/mol. The number of aliphatic carboxylic acids is 1. The Morgan fingerprint density at radius 2 is 1.81 bits per heavy atom. The van der Waals surface area contributed by atoms with Gasteiger partial charge >= 0.3 is 5.97 Å². The van der Waals surface area contributed by atoms with E-state index in [1.165, 1.54) is 28.7 Å². The van der Waals surface area contributed by atoms with Crippen LogP contribution in [0.25, 0.3) is 0 Å². The van der Waals surface area contributed by atoms with Crippen molar-refractivity contribution in [2.24, 2.45) is 11.8 Å². The number of rotatable bonds is 5. The summed E-state index contributed by atoms with van der Waals surface area (Å²) >= 11 is 0. The lowest BCUT2D eigenvalue weighted by atomic mass is 9.79. The highest BCUT2D eigenvalue weighted by molar-refractivity contribution is 5.70. The molecule has 2 atom stereocenters. The van der Waals surface area contributed by atoms with Crippen molar-refractivity contribution in [3.63, 3.8) is 0 Å². The number of carboxylic acid groups (broad SMARTS) is 1. The molecule has 0 aromatic heterocycles. The fourth-order valence-electron chi connectivity index (χ4n) is 3.65. The summed E-state index contributed by atoms with van der Waals surface area (Å²) in [4.78, 5) is 11.3. The van der Waals surface area contributed by atoms with Gasteiger partial charge in [-0.3, -0.25) is 4.79 Å². The van der Waals surface area contributed by atoms with Crippen molar-refractivity contribution in [1.29, 1.82) is 0 Å². The average Bonchev–Trinajstić information content (AvgIpc) is 2.42. The third-order valence-electron chi connectivity index (χ3n) is 4.77. The van der Waals surface area contributed by atoms with Crippen LogP contribution in [-0.2, 0) is 11.3 Å². The smallest absolute Gasteiger partial charge is 0.306 e. The van der Waals surface area contributed by atoms with Gasteiger partial charge in [0.15, 0.2) is 0 Å². The summed E-state index contributed by atoms with van der Waals surface area (Å²) in [6.45, 7) is 8.07. The van der Waals surface area contributed by atoms with Crippen LogP contribution in [0.3, 0.4) is 0 Å². The summed E-state index contributed by atoms with van der Waals surface area (Å²) in [6, 6.07) is 4.43. The van der Waals surface area contributed by atoms with Crippen LogP contribution in [0.5, 0.6) is 0 Å². The van der Waals surface area contributed by atoms with Crippen molar-refractivity contribution in [3.8, 4) is 0 Å². The molecule has 0 aliphatic heterocycles. The van der Waals surface area contributed by atoms with Gasteiger partial charge in [-0.25, -0.2) is 0 Å². The second-order valence-corrected chi connectivity index (χ2v) is 6.50. The van der Waals surface area contributed by atoms with E-state index < -0.39 is 5.97 Å². The van der Waals surface area contributed by atoms with Crippen LogP contribution in [0, 0.1) is 32.6 Å². The highest BCUT2D eigenvalue weighted by Gasteiger charge is 2.30. The third-order valence-corrected chi connectivity index (χ3v) is 4.77. The molecule has 0 radical (unpaired) electrons. The number of aryl methyl sites for hydroxylation is 3. The van der Waals surface area contributed by atoms with Gasteiger partial charge < -0.3 is 10.4 Å². The van der Waals surface area contributed by atoms with Crippen molar-refractivity contribution < 1.29 is 9.90 Å². The van der Waals surface area contributed by atoms with Gasteiger partial charge in [-0.15, -0.1) is 0 Å². The van der Waals surface area contributed by atoms with Gasteiger partial charge in [0.05, 0.1) is 5.92 Å². The molecule has 2 rings (SSSR count). The normalized spacial score (nSPS) is 22.2. The average molecular weight is 289 g/mol. The van der Waals surface area contributed by atoms with Crippen LogP contribution < -0.4 is 5.32 Å². The van der Waals surface area contributed by atoms with E-state index in [-0.39, 0.29) is 11.8 Å². The Kier molecular flexibility index (Phi) is 5.40. The maximum absolute atomic E-state index is 11.3. The zero-order chi connectivity index (χ0) is 15.4. The maximum Gasteiger partial charge on any atom is 0.306 e. The molecule has 3 nitrogen and oxygen atoms in total. The summed E-state index contributed by atoms with van der Waals surface area (Å²) in [7, 11) is 0. The Hall–Kier alpha value is -1.35. The molecule has 0 amide bonds. The van der Waals surface area contributed by atoms with E-state index in [0.717, 1.165) is 32.4 Å². The summed E-state index contributed by atoms with van der Waals surface area (Å²) in [6.07, 6.45) is 4.10. The van der Waals surface area contributed by atoms with Crippen LogP contribution in [0.1, 0.15) is 47.9 Å². The molecule has 0 heterocycles. The molecule has 2 N–H and O–H groups in total. The number of carboxylic acids is 1. The summed E-state index contributed by atoms with van der Waals surface area (Å²) in [5, 5.41) is 12.8. The van der Waals surface area contributed by atoms with Crippen molar-refractivity contribution >= 4 is 5.97 Å². The van der Waals surface area contributed by atoms with Gasteiger partial charge in [-0.2, -0.15) is 0 Å². The molecule has 1 aliphatic carbocycles. The lowest BCUT2D eigenvalue weighted by Crippen LogP contribution is -2.34. The van der Waals surface area contributed by atoms with Crippen LogP contribution in [0.15, 0.2) is 12.1 Å². The second-order valence-electron chi connectivity index (χ2n) is 6.50. The standard InChI is InChI=1S/C18H27NO2/c1-12-8-13(2)17(14(3)9-12)11-19-10-15-6-4-5-7-16(15)18(20)21/h8-9,15-16,19H,4-7,10-11H2,1-3H3,(H,20,21). The van der Waals surface area contributed by atoms with E-state index >= 15 is 0 Å². The molecule has 116 valence electrons. The minimum Gasteiger partial charge on any atom is -0.481 e. The fourth-order valence-corrected chi connectivity index (χ4v) is 3.65. The maximum atomic E-state index is 11.3. The summed E-state index contributed by atoms with van der Waals surface area (Å²) in [5.41, 5.74) is 5.28. The lowest BCUT2D eigenvalue weighted by Gasteiger charge is -2.28. The van der Waals surface area contributed by atoms with Gasteiger partial charge in [-0.1, -0.05) is 30.5 Å². The Balaban J connectivity index is 1.93. The molecule has 21 heavy (non-hydrogen) atoms. The summed E-state index contributed by atoms with van der Waals surface area (Å²) in [5.74, 6) is -0.502. The Morgan fingerprint density at radius 3 is 2.43 bits per heavy atom. The predicted octanol–water partition coefficient (Wildman–Crippen LogP) is 3.59. The van der Waals surface area contributed by atoms with E-state index in [0.29, 0.717) is 0 Å². The van der Waals surface area contributed by atoms with Crippen LogP contribution >= 0.6 is 0 Å². The Bertz CT molecular complexity index is 487. The van der Waals surface area contributed by atoms with Gasteiger partial charge in [-0.05, 0) is 62.8 Å². The molecule has 2 unspecified atom stereocenters. The van der Waals surface area contributed by atoms with Crippen LogP contribution in [-0.4, -0.2) is 17.6 Å². The highest BCUT2D eigenvalue weighted by atomic mass is 16.4. The Labute approximate surface area is 127 Å². The molecular weight excluding hydrogens is 262 g/mol. The molecule has 1 saturated carbocycles. The Morgan fingerprint density at radius 1 is 1.19 bits per heavy atom. The molecule has 1 fully saturated rings. The molecule has 0 saturated heterocycles. The second kappa shape index (κ2) is 7.08. The van der Waals surface area contributed by atoms with Gasteiger partial charge in [0, 0.05) is 6.54 Å². The number of carbonyl (C=O) groups is 1. The van der Waals surface area contributed by atoms with Crippen molar-refractivity contribution in [3.05, 3.63) is 34.4 Å². The zero-order valence-corrected chi connectivity index (χ0v) is 13.4. The topological polar surface area (TPSA) is 49.3 Å². The quantitative estimate of drug-likeness (QED) is 0.871. The zero-order valence-electron chi connectivity index (χ0n) is 13.4. The minimum atomic E-state index is -0.621. The van der Waals surface area contributed by atoms with E-state index in [1.54, 1.807) is 0 Å². The van der Waals surface area contributed by atoms with Crippen LogP contribution in [0.4, 0.5) is 0 Å². The molecule has 1 aliphatic rings. The molecule has 1 aromatic carbocycles.